The van der Waals surface area contributed by atoms with Crippen molar-refractivity contribution in [3.63, 3.8) is 0 Å². The van der Waals surface area contributed by atoms with Crippen LogP contribution in [0.3, 0.4) is 0 Å². The zero-order valence-corrected chi connectivity index (χ0v) is 16.1. The summed E-state index contributed by atoms with van der Waals surface area (Å²) >= 11 is 0.763. The van der Waals surface area contributed by atoms with Gasteiger partial charge in [-0.3, -0.25) is 35.1 Å². The van der Waals surface area contributed by atoms with E-state index in [1.165, 1.54) is 12.1 Å². The van der Waals surface area contributed by atoms with E-state index in [2.05, 4.69) is 5.32 Å². The molecule has 1 fully saturated rings. The Morgan fingerprint density at radius 3 is 2.37 bits per heavy atom. The molecule has 30 heavy (non-hydrogen) atoms. The van der Waals surface area contributed by atoms with Gasteiger partial charge in [0.1, 0.15) is 0 Å². The quantitative estimate of drug-likeness (QED) is 0.389. The van der Waals surface area contributed by atoms with Crippen molar-refractivity contribution >= 4 is 40.4 Å². The van der Waals surface area contributed by atoms with Gasteiger partial charge in [0.05, 0.1) is 27.4 Å². The standard InChI is InChI=1S/C18H13N3O8S/c1-2-28-15-7-10(8-16-17(22)19-18(23)30-16)3-5-14(15)29-13-6-4-11(20(24)25)9-12(13)21(26)27/h3-9H,2H2,1H3,(H,19,22,23)/b16-8-. The molecule has 12 heteroatoms. The SMILES string of the molecule is CCOc1cc(/C=C2\SC(=O)NC2=O)ccc1Oc1ccc([N+](=O)[O-])cc1[N+](=O)[O-]. The number of nitrogens with zero attached hydrogens (tertiary/aromatic N) is 2. The van der Waals surface area contributed by atoms with Crippen molar-refractivity contribution < 1.29 is 28.9 Å². The molecule has 2 amide bonds. The lowest BCUT2D eigenvalue weighted by molar-refractivity contribution is -0.394. The molecule has 0 saturated carbocycles. The van der Waals surface area contributed by atoms with Crippen LogP contribution in [0, 0.1) is 20.2 Å². The minimum Gasteiger partial charge on any atom is -0.490 e. The maximum Gasteiger partial charge on any atom is 0.318 e. The third-order valence-corrected chi connectivity index (χ3v) is 4.59. The summed E-state index contributed by atoms with van der Waals surface area (Å²) in [5, 5.41) is 23.9. The number of benzene rings is 2. The number of nitro groups is 2. The molecule has 1 saturated heterocycles. The zero-order valence-electron chi connectivity index (χ0n) is 15.3. The molecule has 0 bridgehead atoms. The maximum atomic E-state index is 11.7. The first-order valence-electron chi connectivity index (χ1n) is 8.41. The van der Waals surface area contributed by atoms with E-state index >= 15 is 0 Å². The molecule has 0 radical (unpaired) electrons. The Labute approximate surface area is 173 Å². The van der Waals surface area contributed by atoms with Crippen LogP contribution in [0.1, 0.15) is 12.5 Å². The van der Waals surface area contributed by atoms with Gasteiger partial charge in [-0.1, -0.05) is 6.07 Å². The molecular weight excluding hydrogens is 418 g/mol. The van der Waals surface area contributed by atoms with Gasteiger partial charge in [0.2, 0.25) is 5.75 Å². The molecule has 0 spiro atoms. The second-order valence-electron chi connectivity index (χ2n) is 5.76. The van der Waals surface area contributed by atoms with Crippen LogP contribution in [0.4, 0.5) is 16.2 Å². The second kappa shape index (κ2) is 8.61. The molecule has 2 aromatic carbocycles. The van der Waals surface area contributed by atoms with E-state index in [0.29, 0.717) is 5.56 Å². The Morgan fingerprint density at radius 2 is 1.77 bits per heavy atom. The summed E-state index contributed by atoms with van der Waals surface area (Å²) in [7, 11) is 0. The third-order valence-electron chi connectivity index (χ3n) is 3.78. The number of carbonyl (C=O) groups excluding carboxylic acids is 2. The molecule has 1 aliphatic rings. The van der Waals surface area contributed by atoms with E-state index in [0.717, 1.165) is 30.0 Å². The van der Waals surface area contributed by atoms with Gasteiger partial charge >= 0.3 is 5.69 Å². The summed E-state index contributed by atoms with van der Waals surface area (Å²) in [4.78, 5) is 43.8. The summed E-state index contributed by atoms with van der Waals surface area (Å²) < 4.78 is 11.1. The monoisotopic (exact) mass is 431 g/mol. The average Bonchev–Trinajstić information content (AvgIpc) is 3.00. The van der Waals surface area contributed by atoms with Crippen LogP contribution in [-0.2, 0) is 4.79 Å². The highest BCUT2D eigenvalue weighted by molar-refractivity contribution is 8.18. The van der Waals surface area contributed by atoms with Crippen molar-refractivity contribution in [3.8, 4) is 17.2 Å². The number of imide groups is 1. The number of nitrogens with one attached hydrogen (secondary N) is 1. The van der Waals surface area contributed by atoms with Crippen LogP contribution in [0.25, 0.3) is 6.08 Å². The van der Waals surface area contributed by atoms with Crippen molar-refractivity contribution in [2.45, 2.75) is 6.92 Å². The summed E-state index contributed by atoms with van der Waals surface area (Å²) in [6, 6.07) is 7.61. The fraction of sp³-hybridized carbons (Fsp3) is 0.111. The number of non-ortho nitro benzene ring substituents is 1. The van der Waals surface area contributed by atoms with Gasteiger partial charge in [0.25, 0.3) is 16.8 Å². The average molecular weight is 431 g/mol. The van der Waals surface area contributed by atoms with E-state index in [-0.39, 0.29) is 28.8 Å². The summed E-state index contributed by atoms with van der Waals surface area (Å²) in [5.41, 5.74) is -0.477. The second-order valence-corrected chi connectivity index (χ2v) is 6.77. The van der Waals surface area contributed by atoms with Gasteiger partial charge in [0.15, 0.2) is 11.5 Å². The lowest BCUT2D eigenvalue weighted by Gasteiger charge is -2.12. The van der Waals surface area contributed by atoms with E-state index in [4.69, 9.17) is 9.47 Å². The van der Waals surface area contributed by atoms with Crippen molar-refractivity contribution in [2.75, 3.05) is 6.61 Å². The topological polar surface area (TPSA) is 151 Å². The molecule has 3 rings (SSSR count). The maximum absolute atomic E-state index is 11.7. The normalized spacial score (nSPS) is 14.5. The predicted octanol–water partition coefficient (Wildman–Crippen LogP) is 4.02. The van der Waals surface area contributed by atoms with Crippen LogP contribution in [0.5, 0.6) is 17.2 Å². The van der Waals surface area contributed by atoms with Crippen LogP contribution in [-0.4, -0.2) is 27.6 Å². The molecule has 2 aromatic rings. The summed E-state index contributed by atoms with van der Waals surface area (Å²) in [5.74, 6) is -0.344. The number of hydrogen-bond donors (Lipinski definition) is 1. The Morgan fingerprint density at radius 1 is 1.03 bits per heavy atom. The number of hydrogen-bond acceptors (Lipinski definition) is 9. The molecule has 1 heterocycles. The largest absolute Gasteiger partial charge is 0.490 e. The Kier molecular flexibility index (Phi) is 5.97. The molecule has 0 atom stereocenters. The molecule has 0 aromatic heterocycles. The number of rotatable bonds is 7. The van der Waals surface area contributed by atoms with Crippen molar-refractivity contribution in [1.82, 2.24) is 5.32 Å². The summed E-state index contributed by atoms with van der Waals surface area (Å²) in [6.45, 7) is 1.98. The number of carbonyl (C=O) groups is 2. The molecule has 0 aliphatic carbocycles. The highest BCUT2D eigenvalue weighted by Gasteiger charge is 2.25. The van der Waals surface area contributed by atoms with Crippen molar-refractivity contribution in [2.24, 2.45) is 0 Å². The van der Waals surface area contributed by atoms with Gasteiger partial charge in [-0.25, -0.2) is 0 Å². The smallest absolute Gasteiger partial charge is 0.318 e. The van der Waals surface area contributed by atoms with Gasteiger partial charge in [-0.05, 0) is 48.5 Å². The first-order valence-corrected chi connectivity index (χ1v) is 9.22. The minimum absolute atomic E-state index is 0.135. The van der Waals surface area contributed by atoms with Crippen LogP contribution >= 0.6 is 11.8 Å². The lowest BCUT2D eigenvalue weighted by atomic mass is 10.2. The predicted molar refractivity (Wildman–Crippen MR) is 107 cm³/mol. The Hall–Kier alpha value is -3.93. The lowest BCUT2D eigenvalue weighted by Crippen LogP contribution is -2.17. The number of thioether (sulfide) groups is 1. The number of ether oxygens (including phenoxy) is 2. The highest BCUT2D eigenvalue weighted by Crippen LogP contribution is 2.39. The third kappa shape index (κ3) is 4.55. The Balaban J connectivity index is 1.96. The number of amides is 2. The first kappa shape index (κ1) is 20.8. The highest BCUT2D eigenvalue weighted by atomic mass is 32.2. The van der Waals surface area contributed by atoms with Crippen LogP contribution in [0.2, 0.25) is 0 Å². The fourth-order valence-electron chi connectivity index (χ4n) is 2.51. The first-order chi connectivity index (χ1) is 14.3. The number of nitro benzene ring substituents is 2. The molecule has 1 aliphatic heterocycles. The van der Waals surface area contributed by atoms with Gasteiger partial charge in [0, 0.05) is 6.07 Å². The van der Waals surface area contributed by atoms with Crippen LogP contribution < -0.4 is 14.8 Å². The summed E-state index contributed by atoms with van der Waals surface area (Å²) in [6.07, 6.45) is 1.49. The van der Waals surface area contributed by atoms with Gasteiger partial charge in [-0.15, -0.1) is 0 Å². The van der Waals surface area contributed by atoms with Crippen molar-refractivity contribution in [3.05, 3.63) is 67.1 Å². The van der Waals surface area contributed by atoms with Crippen LogP contribution in [0.15, 0.2) is 41.3 Å². The minimum atomic E-state index is -0.783. The van der Waals surface area contributed by atoms with Gasteiger partial charge in [-0.2, -0.15) is 0 Å². The van der Waals surface area contributed by atoms with E-state index in [1.807, 2.05) is 0 Å². The van der Waals surface area contributed by atoms with E-state index in [9.17, 15) is 29.8 Å². The Bertz CT molecular complexity index is 1100. The van der Waals surface area contributed by atoms with Crippen molar-refractivity contribution in [1.29, 1.82) is 0 Å². The molecular formula is C18H13N3O8S. The molecule has 11 nitrogen and oxygen atoms in total. The molecule has 1 N–H and O–H groups in total. The van der Waals surface area contributed by atoms with E-state index < -0.39 is 32.4 Å². The molecule has 0 unspecified atom stereocenters. The molecule has 154 valence electrons. The fourth-order valence-corrected chi connectivity index (χ4v) is 3.19. The van der Waals surface area contributed by atoms with E-state index in [1.54, 1.807) is 19.1 Å². The van der Waals surface area contributed by atoms with Gasteiger partial charge < -0.3 is 9.47 Å². The zero-order chi connectivity index (χ0) is 21.8.